The summed E-state index contributed by atoms with van der Waals surface area (Å²) in [6, 6.07) is 26.1. The smallest absolute Gasteiger partial charge is 0.224 e. The zero-order chi connectivity index (χ0) is 24.6. The van der Waals surface area contributed by atoms with Gasteiger partial charge in [0.15, 0.2) is 0 Å². The maximum absolute atomic E-state index is 12.2. The number of piperazine rings is 1. The van der Waals surface area contributed by atoms with Crippen molar-refractivity contribution in [1.29, 1.82) is 0 Å². The summed E-state index contributed by atoms with van der Waals surface area (Å²) in [6.07, 6.45) is 1.42. The largest absolute Gasteiger partial charge is 0.382 e. The fourth-order valence-corrected chi connectivity index (χ4v) is 5.07. The molecule has 0 atom stereocenters. The van der Waals surface area contributed by atoms with Crippen LogP contribution in [0.1, 0.15) is 49.9 Å². The van der Waals surface area contributed by atoms with E-state index in [1.807, 2.05) is 13.0 Å². The highest BCUT2D eigenvalue weighted by molar-refractivity contribution is 5.97. The number of nitrogens with one attached hydrogen (secondary N) is 2. The van der Waals surface area contributed by atoms with Crippen LogP contribution >= 0.6 is 0 Å². The molecule has 0 saturated carbocycles. The molecule has 1 fully saturated rings. The molecule has 35 heavy (non-hydrogen) atoms. The normalized spacial score (nSPS) is 14.2. The van der Waals surface area contributed by atoms with Gasteiger partial charge in [-0.1, -0.05) is 80.6 Å². The van der Waals surface area contributed by atoms with Crippen LogP contribution in [0.4, 0.5) is 17.1 Å². The van der Waals surface area contributed by atoms with Gasteiger partial charge in [-0.3, -0.25) is 9.69 Å². The Kier molecular flexibility index (Phi) is 8.43. The van der Waals surface area contributed by atoms with E-state index in [1.54, 1.807) is 0 Å². The van der Waals surface area contributed by atoms with Gasteiger partial charge >= 0.3 is 0 Å². The molecular weight excluding hydrogens is 432 g/mol. The molecule has 4 rings (SSSR count). The summed E-state index contributed by atoms with van der Waals surface area (Å²) in [5.41, 5.74) is 7.13. The molecule has 0 aromatic heterocycles. The summed E-state index contributed by atoms with van der Waals surface area (Å²) in [4.78, 5) is 17.3. The van der Waals surface area contributed by atoms with Crippen LogP contribution in [0, 0.1) is 0 Å². The van der Waals surface area contributed by atoms with Crippen LogP contribution < -0.4 is 15.5 Å². The molecule has 1 saturated heterocycles. The molecule has 2 N–H and O–H groups in total. The van der Waals surface area contributed by atoms with Crippen LogP contribution in [-0.2, 0) is 11.2 Å². The predicted molar refractivity (Wildman–Crippen MR) is 147 cm³/mol. The van der Waals surface area contributed by atoms with Crippen molar-refractivity contribution in [2.24, 2.45) is 0 Å². The maximum Gasteiger partial charge on any atom is 0.224 e. The van der Waals surface area contributed by atoms with Crippen LogP contribution in [0.2, 0.25) is 0 Å². The number of hydrogen-bond acceptors (Lipinski definition) is 4. The summed E-state index contributed by atoms with van der Waals surface area (Å²) < 4.78 is 0. The van der Waals surface area contributed by atoms with Gasteiger partial charge in [0.05, 0.1) is 23.1 Å². The van der Waals surface area contributed by atoms with Gasteiger partial charge in [-0.05, 0) is 36.1 Å². The molecule has 3 aromatic rings. The Hall–Kier alpha value is -3.31. The third-order valence-electron chi connectivity index (χ3n) is 6.82. The lowest BCUT2D eigenvalue weighted by Gasteiger charge is -2.42. The van der Waals surface area contributed by atoms with Crippen LogP contribution in [0.25, 0.3) is 0 Å². The summed E-state index contributed by atoms with van der Waals surface area (Å²) in [5, 5.41) is 6.67. The number of carbonyl (C=O) groups is 1. The zero-order valence-electron chi connectivity index (χ0n) is 21.3. The van der Waals surface area contributed by atoms with E-state index in [4.69, 9.17) is 0 Å². The van der Waals surface area contributed by atoms with Gasteiger partial charge in [-0.25, -0.2) is 0 Å². The average Bonchev–Trinajstić information content (AvgIpc) is 2.91. The Labute approximate surface area is 210 Å². The van der Waals surface area contributed by atoms with Gasteiger partial charge in [0.1, 0.15) is 0 Å². The molecule has 184 valence electrons. The molecule has 0 radical (unpaired) electrons. The second kappa shape index (κ2) is 11.9. The topological polar surface area (TPSA) is 47.6 Å². The minimum Gasteiger partial charge on any atom is -0.382 e. The van der Waals surface area contributed by atoms with E-state index in [-0.39, 0.29) is 11.9 Å². The quantitative estimate of drug-likeness (QED) is 0.406. The van der Waals surface area contributed by atoms with Crippen LogP contribution in [0.5, 0.6) is 0 Å². The Morgan fingerprint density at radius 1 is 0.829 bits per heavy atom. The standard InChI is InChI=1S/C30H38N4O/c1-4-23-17-18-26(32-27(35)5-2)28(31-6-3)30(23)34-21-19-33(20-22-34)29(24-13-9-7-10-14-24)25-15-11-8-12-16-25/h7-18,29,31H,4-6,19-22H2,1-3H3,(H,32,35). The van der Waals surface area contributed by atoms with E-state index >= 15 is 0 Å². The molecule has 3 aromatic carbocycles. The van der Waals surface area contributed by atoms with Gasteiger partial charge in [-0.15, -0.1) is 0 Å². The van der Waals surface area contributed by atoms with E-state index in [0.29, 0.717) is 6.42 Å². The highest BCUT2D eigenvalue weighted by Gasteiger charge is 2.28. The van der Waals surface area contributed by atoms with Crippen molar-refractivity contribution in [2.45, 2.75) is 39.7 Å². The number of amides is 1. The summed E-state index contributed by atoms with van der Waals surface area (Å²) in [7, 11) is 0. The SMILES string of the molecule is CCNc1c(NC(=O)CC)ccc(CC)c1N1CCN(C(c2ccccc2)c2ccccc2)CC1. The third kappa shape index (κ3) is 5.68. The number of hydrogen-bond donors (Lipinski definition) is 2. The molecule has 0 spiro atoms. The molecule has 1 amide bonds. The molecule has 0 bridgehead atoms. The fraction of sp³-hybridized carbons (Fsp3) is 0.367. The molecule has 1 heterocycles. The fourth-order valence-electron chi connectivity index (χ4n) is 5.07. The van der Waals surface area contributed by atoms with Crippen molar-refractivity contribution >= 4 is 23.0 Å². The van der Waals surface area contributed by atoms with Crippen molar-refractivity contribution in [3.63, 3.8) is 0 Å². The van der Waals surface area contributed by atoms with Gasteiger partial charge in [-0.2, -0.15) is 0 Å². The Balaban J connectivity index is 1.62. The molecule has 1 aliphatic heterocycles. The third-order valence-corrected chi connectivity index (χ3v) is 6.82. The molecule has 0 unspecified atom stereocenters. The Morgan fingerprint density at radius 3 is 1.94 bits per heavy atom. The lowest BCUT2D eigenvalue weighted by Crippen LogP contribution is -2.48. The van der Waals surface area contributed by atoms with Crippen LogP contribution in [0.15, 0.2) is 72.8 Å². The Morgan fingerprint density at radius 2 is 1.43 bits per heavy atom. The van der Waals surface area contributed by atoms with E-state index in [0.717, 1.165) is 50.5 Å². The zero-order valence-corrected chi connectivity index (χ0v) is 21.3. The lowest BCUT2D eigenvalue weighted by atomic mass is 9.96. The van der Waals surface area contributed by atoms with Gasteiger partial charge < -0.3 is 15.5 Å². The minimum atomic E-state index is 0.0396. The van der Waals surface area contributed by atoms with E-state index < -0.39 is 0 Å². The van der Waals surface area contributed by atoms with Gasteiger partial charge in [0, 0.05) is 39.1 Å². The molecule has 0 aliphatic carbocycles. The first kappa shape index (κ1) is 24.8. The Bertz CT molecular complexity index is 1050. The van der Waals surface area contributed by atoms with Crippen molar-refractivity contribution in [3.05, 3.63) is 89.5 Å². The van der Waals surface area contributed by atoms with E-state index in [1.165, 1.54) is 22.4 Å². The second-order valence-electron chi connectivity index (χ2n) is 9.03. The van der Waals surface area contributed by atoms with Crippen molar-refractivity contribution in [1.82, 2.24) is 4.90 Å². The summed E-state index contributed by atoms with van der Waals surface area (Å²) in [6.45, 7) is 10.8. The van der Waals surface area contributed by atoms with Gasteiger partial charge in [0.25, 0.3) is 0 Å². The highest BCUT2D eigenvalue weighted by Crippen LogP contribution is 2.39. The van der Waals surface area contributed by atoms with Crippen LogP contribution in [-0.4, -0.2) is 43.5 Å². The number of rotatable bonds is 9. The van der Waals surface area contributed by atoms with Crippen molar-refractivity contribution in [2.75, 3.05) is 48.3 Å². The monoisotopic (exact) mass is 470 g/mol. The number of aryl methyl sites for hydroxylation is 1. The predicted octanol–water partition coefficient (Wildman–Crippen LogP) is 5.94. The van der Waals surface area contributed by atoms with Crippen molar-refractivity contribution in [3.8, 4) is 0 Å². The maximum atomic E-state index is 12.2. The number of anilines is 3. The first-order valence-corrected chi connectivity index (χ1v) is 12.9. The molecule has 1 aliphatic rings. The number of carbonyl (C=O) groups excluding carboxylic acids is 1. The van der Waals surface area contributed by atoms with Crippen molar-refractivity contribution < 1.29 is 4.79 Å². The average molecular weight is 471 g/mol. The minimum absolute atomic E-state index is 0.0396. The number of benzene rings is 3. The second-order valence-corrected chi connectivity index (χ2v) is 9.03. The number of nitrogens with zero attached hydrogens (tertiary/aromatic N) is 2. The first-order chi connectivity index (χ1) is 17.2. The summed E-state index contributed by atoms with van der Waals surface area (Å²) >= 11 is 0. The first-order valence-electron chi connectivity index (χ1n) is 12.9. The van der Waals surface area contributed by atoms with E-state index in [9.17, 15) is 4.79 Å². The lowest BCUT2D eigenvalue weighted by molar-refractivity contribution is -0.115. The molecular formula is C30H38N4O. The summed E-state index contributed by atoms with van der Waals surface area (Å²) in [5.74, 6) is 0.0396. The van der Waals surface area contributed by atoms with E-state index in [2.05, 4.69) is 101 Å². The van der Waals surface area contributed by atoms with Gasteiger partial charge in [0.2, 0.25) is 5.91 Å². The molecule has 5 heteroatoms. The van der Waals surface area contributed by atoms with Crippen LogP contribution in [0.3, 0.4) is 0 Å². The highest BCUT2D eigenvalue weighted by atomic mass is 16.1. The molecule has 5 nitrogen and oxygen atoms in total.